The molecule has 0 unspecified atom stereocenters. The summed E-state index contributed by atoms with van der Waals surface area (Å²) >= 11 is 0. The zero-order chi connectivity index (χ0) is 18.1. The third-order valence-corrected chi connectivity index (χ3v) is 4.60. The lowest BCUT2D eigenvalue weighted by Crippen LogP contribution is -2.00. The molecule has 26 heavy (non-hydrogen) atoms. The van der Waals surface area contributed by atoms with E-state index in [0.717, 1.165) is 39.2 Å². The van der Waals surface area contributed by atoms with E-state index in [0.29, 0.717) is 0 Å². The fourth-order valence-electron chi connectivity index (χ4n) is 3.47. The van der Waals surface area contributed by atoms with Crippen LogP contribution in [0.3, 0.4) is 0 Å². The van der Waals surface area contributed by atoms with Crippen LogP contribution in [0.2, 0.25) is 0 Å². The maximum atomic E-state index is 12.6. The third-order valence-electron chi connectivity index (χ3n) is 4.60. The highest BCUT2D eigenvalue weighted by molar-refractivity contribution is 6.13. The zero-order valence-electron chi connectivity index (χ0n) is 14.8. The smallest absolute Gasteiger partial charge is 0.162 e. The summed E-state index contributed by atoms with van der Waals surface area (Å²) in [5.41, 5.74) is 4.70. The standard InChI is InChI=1S/C23H19NO2/c1-16(25)22-20-10-6-7-11-21(20)24(18-12-14-19(26-2)15-13-18)23(22)17-8-4-3-5-9-17/h3-15H,1-2H3. The van der Waals surface area contributed by atoms with Gasteiger partial charge in [0.05, 0.1) is 23.9 Å². The molecule has 3 aromatic carbocycles. The molecule has 1 heterocycles. The number of fused-ring (bicyclic) bond motifs is 1. The Balaban J connectivity index is 2.12. The molecule has 0 aliphatic carbocycles. The number of aromatic nitrogens is 1. The van der Waals surface area contributed by atoms with Crippen molar-refractivity contribution in [2.24, 2.45) is 0 Å². The van der Waals surface area contributed by atoms with Gasteiger partial charge in [-0.05, 0) is 42.8 Å². The Morgan fingerprint density at radius 1 is 0.846 bits per heavy atom. The van der Waals surface area contributed by atoms with Gasteiger partial charge in [0.25, 0.3) is 0 Å². The molecule has 0 amide bonds. The molecule has 0 saturated heterocycles. The highest BCUT2D eigenvalue weighted by Gasteiger charge is 2.22. The third kappa shape index (κ3) is 2.58. The first-order valence-corrected chi connectivity index (χ1v) is 8.55. The van der Waals surface area contributed by atoms with Crippen LogP contribution < -0.4 is 4.74 Å². The summed E-state index contributed by atoms with van der Waals surface area (Å²) in [6, 6.07) is 26.0. The molecule has 0 atom stereocenters. The van der Waals surface area contributed by atoms with Crippen LogP contribution in [0.4, 0.5) is 0 Å². The predicted octanol–water partition coefficient (Wildman–Crippen LogP) is 5.51. The zero-order valence-corrected chi connectivity index (χ0v) is 14.8. The minimum absolute atomic E-state index is 0.0623. The van der Waals surface area contributed by atoms with E-state index in [1.165, 1.54) is 0 Å². The number of Topliss-reactive ketones (excluding diaryl/α,β-unsaturated/α-hetero) is 1. The molecule has 0 spiro atoms. The predicted molar refractivity (Wildman–Crippen MR) is 105 cm³/mol. The molecule has 4 rings (SSSR count). The summed E-state index contributed by atoms with van der Waals surface area (Å²) in [6.45, 7) is 1.63. The molecule has 3 heteroatoms. The highest BCUT2D eigenvalue weighted by Crippen LogP contribution is 2.37. The lowest BCUT2D eigenvalue weighted by atomic mass is 10.0. The number of hydrogen-bond donors (Lipinski definition) is 0. The molecule has 0 radical (unpaired) electrons. The number of carbonyl (C=O) groups is 1. The van der Waals surface area contributed by atoms with Crippen molar-refractivity contribution in [3.8, 4) is 22.7 Å². The summed E-state index contributed by atoms with van der Waals surface area (Å²) in [7, 11) is 1.66. The van der Waals surface area contributed by atoms with Gasteiger partial charge in [-0.2, -0.15) is 0 Å². The average Bonchev–Trinajstić information content (AvgIpc) is 3.04. The monoisotopic (exact) mass is 341 g/mol. The molecule has 4 aromatic rings. The molecule has 0 fully saturated rings. The van der Waals surface area contributed by atoms with Crippen LogP contribution >= 0.6 is 0 Å². The maximum absolute atomic E-state index is 12.6. The SMILES string of the molecule is COc1ccc(-n2c(-c3ccccc3)c(C(C)=O)c3ccccc32)cc1. The minimum atomic E-state index is 0.0623. The molecule has 0 bridgehead atoms. The van der Waals surface area contributed by atoms with Crippen molar-refractivity contribution in [2.45, 2.75) is 6.92 Å². The second-order valence-corrected chi connectivity index (χ2v) is 6.20. The second-order valence-electron chi connectivity index (χ2n) is 6.20. The van der Waals surface area contributed by atoms with E-state index in [-0.39, 0.29) is 5.78 Å². The Labute approximate surface area is 152 Å². The quantitative estimate of drug-likeness (QED) is 0.458. The molecule has 128 valence electrons. The molecule has 0 saturated carbocycles. The highest BCUT2D eigenvalue weighted by atomic mass is 16.5. The topological polar surface area (TPSA) is 31.2 Å². The van der Waals surface area contributed by atoms with Crippen LogP contribution in [0.5, 0.6) is 5.75 Å². The number of hydrogen-bond acceptors (Lipinski definition) is 2. The molecule has 1 aromatic heterocycles. The first-order valence-electron chi connectivity index (χ1n) is 8.55. The van der Waals surface area contributed by atoms with Gasteiger partial charge in [0.15, 0.2) is 5.78 Å². The van der Waals surface area contributed by atoms with Crippen LogP contribution in [0.25, 0.3) is 27.8 Å². The van der Waals surface area contributed by atoms with Crippen molar-refractivity contribution in [3.05, 3.63) is 84.4 Å². The van der Waals surface area contributed by atoms with E-state index in [9.17, 15) is 4.79 Å². The summed E-state index contributed by atoms with van der Waals surface area (Å²) in [6.07, 6.45) is 0. The van der Waals surface area contributed by atoms with Crippen LogP contribution in [0.15, 0.2) is 78.9 Å². The van der Waals surface area contributed by atoms with Gasteiger partial charge in [0.1, 0.15) is 5.75 Å². The number of benzene rings is 3. The van der Waals surface area contributed by atoms with Gasteiger partial charge in [0, 0.05) is 11.1 Å². The van der Waals surface area contributed by atoms with Crippen molar-refractivity contribution in [1.82, 2.24) is 4.57 Å². The molecular formula is C23H19NO2. The Bertz CT molecular complexity index is 1080. The van der Waals surface area contributed by atoms with Crippen LogP contribution in [0, 0.1) is 0 Å². The van der Waals surface area contributed by atoms with Gasteiger partial charge < -0.3 is 9.30 Å². The molecule has 0 aliphatic heterocycles. The van der Waals surface area contributed by atoms with E-state index in [4.69, 9.17) is 4.74 Å². The van der Waals surface area contributed by atoms with Crippen molar-refractivity contribution in [2.75, 3.05) is 7.11 Å². The van der Waals surface area contributed by atoms with Gasteiger partial charge in [-0.3, -0.25) is 4.79 Å². The lowest BCUT2D eigenvalue weighted by molar-refractivity contribution is 0.102. The van der Waals surface area contributed by atoms with Gasteiger partial charge in [-0.15, -0.1) is 0 Å². The summed E-state index contributed by atoms with van der Waals surface area (Å²) in [5.74, 6) is 0.866. The summed E-state index contributed by atoms with van der Waals surface area (Å²) < 4.78 is 7.44. The van der Waals surface area contributed by atoms with Crippen molar-refractivity contribution in [1.29, 1.82) is 0 Å². The summed E-state index contributed by atoms with van der Waals surface area (Å²) in [4.78, 5) is 12.6. The first kappa shape index (κ1) is 16.2. The fourth-order valence-corrected chi connectivity index (χ4v) is 3.47. The molecular weight excluding hydrogens is 322 g/mol. The number of nitrogens with zero attached hydrogens (tertiary/aromatic N) is 1. The lowest BCUT2D eigenvalue weighted by Gasteiger charge is -2.13. The van der Waals surface area contributed by atoms with Crippen LogP contribution in [-0.4, -0.2) is 17.5 Å². The van der Waals surface area contributed by atoms with E-state index in [2.05, 4.69) is 10.6 Å². The Kier molecular flexibility index (Phi) is 4.05. The molecule has 3 nitrogen and oxygen atoms in total. The van der Waals surface area contributed by atoms with E-state index in [1.807, 2.05) is 72.8 Å². The average molecular weight is 341 g/mol. The van der Waals surface area contributed by atoms with E-state index < -0.39 is 0 Å². The van der Waals surface area contributed by atoms with Gasteiger partial charge in [-0.1, -0.05) is 48.5 Å². The van der Waals surface area contributed by atoms with Gasteiger partial charge >= 0.3 is 0 Å². The van der Waals surface area contributed by atoms with Gasteiger partial charge in [-0.25, -0.2) is 0 Å². The fraction of sp³-hybridized carbons (Fsp3) is 0.0870. The Morgan fingerprint density at radius 3 is 2.15 bits per heavy atom. The molecule has 0 aliphatic rings. The summed E-state index contributed by atoms with van der Waals surface area (Å²) in [5, 5.41) is 0.967. The second kappa shape index (κ2) is 6.52. The minimum Gasteiger partial charge on any atom is -0.497 e. The van der Waals surface area contributed by atoms with Gasteiger partial charge in [0.2, 0.25) is 0 Å². The normalized spacial score (nSPS) is 10.8. The number of ether oxygens (including phenoxy) is 1. The largest absolute Gasteiger partial charge is 0.497 e. The number of para-hydroxylation sites is 1. The maximum Gasteiger partial charge on any atom is 0.162 e. The number of carbonyl (C=O) groups excluding carboxylic acids is 1. The van der Waals surface area contributed by atoms with Crippen LogP contribution in [-0.2, 0) is 0 Å². The van der Waals surface area contributed by atoms with Crippen LogP contribution in [0.1, 0.15) is 17.3 Å². The molecule has 0 N–H and O–H groups in total. The van der Waals surface area contributed by atoms with Crippen molar-refractivity contribution >= 4 is 16.7 Å². The Morgan fingerprint density at radius 2 is 1.50 bits per heavy atom. The van der Waals surface area contributed by atoms with Crippen molar-refractivity contribution < 1.29 is 9.53 Å². The van der Waals surface area contributed by atoms with E-state index >= 15 is 0 Å². The Hall–Kier alpha value is -3.33. The number of methoxy groups -OCH3 is 1. The van der Waals surface area contributed by atoms with E-state index in [1.54, 1.807) is 14.0 Å². The number of rotatable bonds is 4. The van der Waals surface area contributed by atoms with Crippen molar-refractivity contribution in [3.63, 3.8) is 0 Å². The first-order chi connectivity index (χ1) is 12.7. The number of ketones is 1.